The molecule has 1 aromatic carbocycles. The van der Waals surface area contributed by atoms with Gasteiger partial charge in [0.1, 0.15) is 5.75 Å². The molecule has 0 spiro atoms. The average Bonchev–Trinajstić information content (AvgIpc) is 2.38. The molecule has 1 aliphatic rings. The van der Waals surface area contributed by atoms with Gasteiger partial charge in [-0.3, -0.25) is 0 Å². The highest BCUT2D eigenvalue weighted by Gasteiger charge is 2.43. The highest BCUT2D eigenvalue weighted by atomic mass is 16.7. The first-order valence-corrected chi connectivity index (χ1v) is 6.08. The molecule has 0 bridgehead atoms. The number of aliphatic carboxylic acids is 1. The van der Waals surface area contributed by atoms with Gasteiger partial charge >= 0.3 is 5.97 Å². The van der Waals surface area contributed by atoms with Crippen LogP contribution in [0.4, 0.5) is 0 Å². The fraction of sp³-hybridized carbons (Fsp3) is 0.500. The SMILES string of the molecule is COc1ccc([C@@H]2OCC(C)(C)[C@H](C(=O)O)O2)cc1. The number of rotatable bonds is 3. The molecule has 0 amide bonds. The van der Waals surface area contributed by atoms with E-state index in [2.05, 4.69) is 0 Å². The molecule has 5 heteroatoms. The zero-order valence-corrected chi connectivity index (χ0v) is 11.3. The Morgan fingerprint density at radius 3 is 2.53 bits per heavy atom. The predicted molar refractivity (Wildman–Crippen MR) is 68.0 cm³/mol. The molecule has 1 heterocycles. The molecular weight excluding hydrogens is 248 g/mol. The van der Waals surface area contributed by atoms with Crippen LogP contribution >= 0.6 is 0 Å². The smallest absolute Gasteiger partial charge is 0.333 e. The van der Waals surface area contributed by atoms with Crippen LogP contribution in [0.5, 0.6) is 5.75 Å². The average molecular weight is 266 g/mol. The summed E-state index contributed by atoms with van der Waals surface area (Å²) in [6, 6.07) is 7.19. The summed E-state index contributed by atoms with van der Waals surface area (Å²) < 4.78 is 16.2. The maximum Gasteiger partial charge on any atom is 0.333 e. The summed E-state index contributed by atoms with van der Waals surface area (Å²) in [4.78, 5) is 11.2. The topological polar surface area (TPSA) is 65.0 Å². The number of hydrogen-bond donors (Lipinski definition) is 1. The van der Waals surface area contributed by atoms with Crippen LogP contribution in [-0.4, -0.2) is 30.9 Å². The number of ether oxygens (including phenoxy) is 3. The van der Waals surface area contributed by atoms with Crippen LogP contribution in [0.3, 0.4) is 0 Å². The van der Waals surface area contributed by atoms with E-state index in [0.717, 1.165) is 11.3 Å². The van der Waals surface area contributed by atoms with Crippen LogP contribution < -0.4 is 4.74 Å². The summed E-state index contributed by atoms with van der Waals surface area (Å²) in [7, 11) is 1.59. The standard InChI is InChI=1S/C14H18O5/c1-14(2)8-18-13(19-11(14)12(15)16)9-4-6-10(17-3)7-5-9/h4-7,11,13H,8H2,1-3H3,(H,15,16)/t11-,13+/m0/s1. The molecule has 19 heavy (non-hydrogen) atoms. The van der Waals surface area contributed by atoms with Crippen molar-refractivity contribution < 1.29 is 24.1 Å². The van der Waals surface area contributed by atoms with Crippen molar-refractivity contribution in [3.8, 4) is 5.75 Å². The molecule has 1 aliphatic heterocycles. The Hall–Kier alpha value is -1.59. The van der Waals surface area contributed by atoms with Crippen molar-refractivity contribution in [3.63, 3.8) is 0 Å². The zero-order valence-electron chi connectivity index (χ0n) is 11.3. The Kier molecular flexibility index (Phi) is 3.78. The predicted octanol–water partition coefficient (Wildman–Crippen LogP) is 2.22. The molecule has 0 aromatic heterocycles. The van der Waals surface area contributed by atoms with Crippen LogP contribution in [-0.2, 0) is 14.3 Å². The quantitative estimate of drug-likeness (QED) is 0.908. The summed E-state index contributed by atoms with van der Waals surface area (Å²) in [6.45, 7) is 3.96. The zero-order chi connectivity index (χ0) is 14.0. The molecule has 0 radical (unpaired) electrons. The van der Waals surface area contributed by atoms with Gasteiger partial charge in [-0.25, -0.2) is 4.79 Å². The van der Waals surface area contributed by atoms with Gasteiger partial charge in [-0.05, 0) is 12.1 Å². The van der Waals surface area contributed by atoms with Gasteiger partial charge in [-0.1, -0.05) is 26.0 Å². The maximum atomic E-state index is 11.2. The highest BCUT2D eigenvalue weighted by molar-refractivity contribution is 5.73. The van der Waals surface area contributed by atoms with E-state index in [4.69, 9.17) is 14.2 Å². The van der Waals surface area contributed by atoms with Crippen LogP contribution in [0.1, 0.15) is 25.7 Å². The lowest BCUT2D eigenvalue weighted by molar-refractivity contribution is -0.264. The van der Waals surface area contributed by atoms with Crippen molar-refractivity contribution in [1.29, 1.82) is 0 Å². The lowest BCUT2D eigenvalue weighted by atomic mass is 9.86. The number of carbonyl (C=O) groups is 1. The normalized spacial score (nSPS) is 25.8. The van der Waals surface area contributed by atoms with Crippen LogP contribution in [0, 0.1) is 5.41 Å². The van der Waals surface area contributed by atoms with E-state index in [1.807, 2.05) is 13.8 Å². The number of methoxy groups -OCH3 is 1. The molecule has 1 saturated heterocycles. The van der Waals surface area contributed by atoms with E-state index in [9.17, 15) is 9.90 Å². The van der Waals surface area contributed by atoms with E-state index in [-0.39, 0.29) is 0 Å². The van der Waals surface area contributed by atoms with Gasteiger partial charge in [-0.2, -0.15) is 0 Å². The first-order valence-electron chi connectivity index (χ1n) is 6.08. The van der Waals surface area contributed by atoms with E-state index < -0.39 is 23.8 Å². The third kappa shape index (κ3) is 2.88. The van der Waals surface area contributed by atoms with Crippen molar-refractivity contribution in [2.75, 3.05) is 13.7 Å². The van der Waals surface area contributed by atoms with Gasteiger partial charge in [0.05, 0.1) is 13.7 Å². The van der Waals surface area contributed by atoms with E-state index in [0.29, 0.717) is 6.61 Å². The van der Waals surface area contributed by atoms with Gasteiger partial charge in [0.15, 0.2) is 12.4 Å². The molecule has 1 N–H and O–H groups in total. The van der Waals surface area contributed by atoms with Crippen molar-refractivity contribution in [3.05, 3.63) is 29.8 Å². The summed E-state index contributed by atoms with van der Waals surface area (Å²) in [5.41, 5.74) is 0.233. The number of carboxylic acids is 1. The fourth-order valence-electron chi connectivity index (χ4n) is 2.04. The third-order valence-electron chi connectivity index (χ3n) is 3.19. The largest absolute Gasteiger partial charge is 0.497 e. The molecule has 2 atom stereocenters. The number of hydrogen-bond acceptors (Lipinski definition) is 4. The molecule has 0 saturated carbocycles. The molecule has 0 unspecified atom stereocenters. The molecule has 0 aliphatic carbocycles. The Bertz CT molecular complexity index is 451. The summed E-state index contributed by atoms with van der Waals surface area (Å²) in [5.74, 6) is -0.235. The van der Waals surface area contributed by atoms with Crippen LogP contribution in [0.2, 0.25) is 0 Å². The van der Waals surface area contributed by atoms with E-state index >= 15 is 0 Å². The van der Waals surface area contributed by atoms with Gasteiger partial charge in [0, 0.05) is 11.0 Å². The van der Waals surface area contributed by atoms with Crippen molar-refractivity contribution in [2.24, 2.45) is 5.41 Å². The minimum Gasteiger partial charge on any atom is -0.497 e. The second kappa shape index (κ2) is 5.19. The number of carboxylic acid groups (broad SMARTS) is 1. The first kappa shape index (κ1) is 13.8. The maximum absolute atomic E-state index is 11.2. The van der Waals surface area contributed by atoms with Crippen LogP contribution in [0.25, 0.3) is 0 Å². The monoisotopic (exact) mass is 266 g/mol. The minimum absolute atomic E-state index is 0.334. The Morgan fingerprint density at radius 1 is 1.37 bits per heavy atom. The van der Waals surface area contributed by atoms with E-state index in [1.165, 1.54) is 0 Å². The lowest BCUT2D eigenvalue weighted by Gasteiger charge is -2.39. The van der Waals surface area contributed by atoms with Crippen molar-refractivity contribution in [1.82, 2.24) is 0 Å². The second-order valence-electron chi connectivity index (χ2n) is 5.26. The Labute approximate surface area is 112 Å². The van der Waals surface area contributed by atoms with E-state index in [1.54, 1.807) is 31.4 Å². The van der Waals surface area contributed by atoms with Crippen molar-refractivity contribution in [2.45, 2.75) is 26.2 Å². The van der Waals surface area contributed by atoms with Crippen LogP contribution in [0.15, 0.2) is 24.3 Å². The fourth-order valence-corrected chi connectivity index (χ4v) is 2.04. The van der Waals surface area contributed by atoms with Gasteiger partial charge in [-0.15, -0.1) is 0 Å². The van der Waals surface area contributed by atoms with Gasteiger partial charge < -0.3 is 19.3 Å². The summed E-state index contributed by atoms with van der Waals surface area (Å²) in [5, 5.41) is 9.22. The molecule has 104 valence electrons. The molecule has 5 nitrogen and oxygen atoms in total. The van der Waals surface area contributed by atoms with Gasteiger partial charge in [0.2, 0.25) is 0 Å². The molecule has 1 aromatic rings. The summed E-state index contributed by atoms with van der Waals surface area (Å²) >= 11 is 0. The Morgan fingerprint density at radius 2 is 2.00 bits per heavy atom. The third-order valence-corrected chi connectivity index (χ3v) is 3.19. The first-order chi connectivity index (χ1) is 8.94. The minimum atomic E-state index is -0.966. The molecule has 2 rings (SSSR count). The molecular formula is C14H18O5. The van der Waals surface area contributed by atoms with Crippen molar-refractivity contribution >= 4 is 5.97 Å². The summed E-state index contributed by atoms with van der Waals surface area (Å²) in [6.07, 6.45) is -1.53. The second-order valence-corrected chi connectivity index (χ2v) is 5.26. The molecule has 1 fully saturated rings. The lowest BCUT2D eigenvalue weighted by Crippen LogP contribution is -2.47. The highest BCUT2D eigenvalue weighted by Crippen LogP contribution is 2.36. The number of benzene rings is 1. The Balaban J connectivity index is 2.16. The van der Waals surface area contributed by atoms with Gasteiger partial charge in [0.25, 0.3) is 0 Å².